The highest BCUT2D eigenvalue weighted by atomic mass is 16.2. The summed E-state index contributed by atoms with van der Waals surface area (Å²) >= 11 is 0. The molecule has 0 saturated carbocycles. The van der Waals surface area contributed by atoms with Gasteiger partial charge in [0, 0.05) is 11.8 Å². The fourth-order valence-electron chi connectivity index (χ4n) is 1.56. The van der Waals surface area contributed by atoms with Gasteiger partial charge in [0.05, 0.1) is 17.7 Å². The summed E-state index contributed by atoms with van der Waals surface area (Å²) in [4.78, 5) is 11.4. The Kier molecular flexibility index (Phi) is 2.90. The number of carbonyl (C=O) groups excluding carboxylic acids is 1. The summed E-state index contributed by atoms with van der Waals surface area (Å²) < 4.78 is 0. The van der Waals surface area contributed by atoms with Crippen LogP contribution in [0, 0.1) is 22.7 Å². The summed E-state index contributed by atoms with van der Waals surface area (Å²) in [7, 11) is 0. The molecule has 1 aliphatic rings. The van der Waals surface area contributed by atoms with Crippen molar-refractivity contribution >= 4 is 11.6 Å². The van der Waals surface area contributed by atoms with Crippen LogP contribution in [0.5, 0.6) is 0 Å². The van der Waals surface area contributed by atoms with Gasteiger partial charge >= 0.3 is 0 Å². The van der Waals surface area contributed by atoms with Gasteiger partial charge in [0.2, 0.25) is 5.91 Å². The van der Waals surface area contributed by atoms with E-state index in [2.05, 4.69) is 16.6 Å². The van der Waals surface area contributed by atoms with Crippen molar-refractivity contribution in [2.45, 2.75) is 33.6 Å². The van der Waals surface area contributed by atoms with E-state index < -0.39 is 0 Å². The largest absolute Gasteiger partial charge is 0.272 e. The van der Waals surface area contributed by atoms with Crippen molar-refractivity contribution in [1.29, 1.82) is 5.26 Å². The third-order valence-corrected chi connectivity index (χ3v) is 2.25. The first-order valence-corrected chi connectivity index (χ1v) is 4.71. The Hall–Kier alpha value is -1.37. The van der Waals surface area contributed by atoms with Crippen LogP contribution >= 0.6 is 0 Å². The van der Waals surface area contributed by atoms with Crippen LogP contribution in [0.2, 0.25) is 0 Å². The maximum absolute atomic E-state index is 11.4. The van der Waals surface area contributed by atoms with Crippen molar-refractivity contribution in [2.75, 3.05) is 0 Å². The molecule has 0 aromatic heterocycles. The monoisotopic (exact) mass is 193 g/mol. The van der Waals surface area contributed by atoms with Gasteiger partial charge in [0.25, 0.3) is 0 Å². The van der Waals surface area contributed by atoms with Crippen LogP contribution in [0.25, 0.3) is 0 Å². The van der Waals surface area contributed by atoms with Crippen molar-refractivity contribution in [3.63, 3.8) is 0 Å². The van der Waals surface area contributed by atoms with E-state index in [1.807, 2.05) is 20.8 Å². The molecule has 1 heterocycles. The molecule has 0 spiro atoms. The summed E-state index contributed by atoms with van der Waals surface area (Å²) in [5.41, 5.74) is 3.22. The van der Waals surface area contributed by atoms with E-state index in [9.17, 15) is 4.79 Å². The molecule has 1 amide bonds. The quantitative estimate of drug-likeness (QED) is 0.721. The smallest absolute Gasteiger partial charge is 0.248 e. The third-order valence-electron chi connectivity index (χ3n) is 2.25. The van der Waals surface area contributed by atoms with Gasteiger partial charge in [0.1, 0.15) is 0 Å². The Balaban J connectivity index is 2.76. The van der Waals surface area contributed by atoms with Gasteiger partial charge in [-0.1, -0.05) is 20.8 Å². The maximum atomic E-state index is 11.4. The average Bonchev–Trinajstić information content (AvgIpc) is 2.42. The molecule has 0 bridgehead atoms. The molecule has 1 atom stereocenters. The van der Waals surface area contributed by atoms with E-state index in [4.69, 9.17) is 5.26 Å². The van der Waals surface area contributed by atoms with E-state index in [1.54, 1.807) is 0 Å². The van der Waals surface area contributed by atoms with Gasteiger partial charge in [-0.05, 0) is 6.42 Å². The summed E-state index contributed by atoms with van der Waals surface area (Å²) in [5.74, 6) is -0.292. The highest BCUT2D eigenvalue weighted by Crippen LogP contribution is 2.27. The number of rotatable bonds is 2. The minimum absolute atomic E-state index is 0.0785. The normalized spacial score (nSPS) is 21.4. The molecule has 0 aliphatic carbocycles. The second kappa shape index (κ2) is 3.79. The zero-order valence-corrected chi connectivity index (χ0v) is 8.79. The molecule has 4 nitrogen and oxygen atoms in total. The summed E-state index contributed by atoms with van der Waals surface area (Å²) in [6.45, 7) is 6.06. The number of hydrazone groups is 1. The molecular weight excluding hydrogens is 178 g/mol. The predicted molar refractivity (Wildman–Crippen MR) is 53.4 cm³/mol. The molecule has 0 fully saturated rings. The zero-order chi connectivity index (χ0) is 10.8. The van der Waals surface area contributed by atoms with Gasteiger partial charge < -0.3 is 0 Å². The lowest BCUT2D eigenvalue weighted by molar-refractivity contribution is -0.122. The summed E-state index contributed by atoms with van der Waals surface area (Å²) in [6.07, 6.45) is 0.964. The fourth-order valence-corrected chi connectivity index (χ4v) is 1.56. The minimum atomic E-state index is -0.213. The molecule has 0 radical (unpaired) electrons. The standard InChI is InChI=1S/C10H15N3O/c1-10(2,3)8-7(5-4-6-11)9(14)13-12-8/h7H,4-5H2,1-3H3,(H,13,14). The minimum Gasteiger partial charge on any atom is -0.272 e. The molecule has 1 N–H and O–H groups in total. The highest BCUT2D eigenvalue weighted by Gasteiger charge is 2.36. The number of nitriles is 1. The lowest BCUT2D eigenvalue weighted by atomic mass is 9.81. The first kappa shape index (κ1) is 10.7. The van der Waals surface area contributed by atoms with Gasteiger partial charge in [0.15, 0.2) is 0 Å². The molecule has 14 heavy (non-hydrogen) atoms. The summed E-state index contributed by atoms with van der Waals surface area (Å²) in [5, 5.41) is 12.5. The number of hydrogen-bond donors (Lipinski definition) is 1. The molecule has 4 heteroatoms. The lowest BCUT2D eigenvalue weighted by Crippen LogP contribution is -2.30. The number of hydrogen-bond acceptors (Lipinski definition) is 3. The third kappa shape index (κ3) is 2.11. The lowest BCUT2D eigenvalue weighted by Gasteiger charge is -2.21. The van der Waals surface area contributed by atoms with Crippen LogP contribution in [-0.2, 0) is 4.79 Å². The average molecular weight is 193 g/mol. The molecule has 1 aliphatic heterocycles. The van der Waals surface area contributed by atoms with Gasteiger partial charge in [-0.15, -0.1) is 0 Å². The SMILES string of the molecule is CC(C)(C)C1=NNC(=O)C1CCC#N. The predicted octanol–water partition coefficient (Wildman–Crippen LogP) is 1.44. The van der Waals surface area contributed by atoms with E-state index in [0.717, 1.165) is 5.71 Å². The van der Waals surface area contributed by atoms with E-state index >= 15 is 0 Å². The molecule has 0 saturated heterocycles. The number of carbonyl (C=O) groups is 1. The molecule has 1 unspecified atom stereocenters. The van der Waals surface area contributed by atoms with Crippen molar-refractivity contribution < 1.29 is 4.79 Å². The second-order valence-electron chi connectivity index (χ2n) is 4.47. The molecule has 0 aromatic carbocycles. The van der Waals surface area contributed by atoms with Crippen molar-refractivity contribution in [3.05, 3.63) is 0 Å². The van der Waals surface area contributed by atoms with Crippen molar-refractivity contribution in [2.24, 2.45) is 16.4 Å². The maximum Gasteiger partial charge on any atom is 0.248 e. The van der Waals surface area contributed by atoms with E-state index in [0.29, 0.717) is 12.8 Å². The Morgan fingerprint density at radius 1 is 1.57 bits per heavy atom. The van der Waals surface area contributed by atoms with Gasteiger partial charge in [-0.3, -0.25) is 4.79 Å². The van der Waals surface area contributed by atoms with Gasteiger partial charge in [-0.25, -0.2) is 5.43 Å². The Morgan fingerprint density at radius 3 is 2.71 bits per heavy atom. The van der Waals surface area contributed by atoms with Crippen molar-refractivity contribution in [1.82, 2.24) is 5.43 Å². The first-order chi connectivity index (χ1) is 6.46. The van der Waals surface area contributed by atoms with Crippen LogP contribution in [0.15, 0.2) is 5.10 Å². The van der Waals surface area contributed by atoms with Crippen molar-refractivity contribution in [3.8, 4) is 6.07 Å². The highest BCUT2D eigenvalue weighted by molar-refractivity contribution is 6.10. The topological polar surface area (TPSA) is 65.2 Å². The molecule has 0 aromatic rings. The molecule has 1 rings (SSSR count). The molecule has 76 valence electrons. The summed E-state index contributed by atoms with van der Waals surface area (Å²) in [6, 6.07) is 2.05. The second-order valence-corrected chi connectivity index (χ2v) is 4.47. The van der Waals surface area contributed by atoms with E-state index in [1.165, 1.54) is 0 Å². The number of amides is 1. The van der Waals surface area contributed by atoms with Crippen LogP contribution < -0.4 is 5.43 Å². The van der Waals surface area contributed by atoms with Crippen LogP contribution in [0.4, 0.5) is 0 Å². The van der Waals surface area contributed by atoms with Crippen LogP contribution in [-0.4, -0.2) is 11.6 Å². The van der Waals surface area contributed by atoms with E-state index in [-0.39, 0.29) is 17.2 Å². The number of nitrogens with zero attached hydrogens (tertiary/aromatic N) is 2. The Bertz CT molecular complexity index is 306. The Labute approximate surface area is 84.0 Å². The zero-order valence-electron chi connectivity index (χ0n) is 8.79. The Morgan fingerprint density at radius 2 is 2.21 bits per heavy atom. The first-order valence-electron chi connectivity index (χ1n) is 4.71. The fraction of sp³-hybridized carbons (Fsp3) is 0.700. The number of nitrogens with one attached hydrogen (secondary N) is 1. The van der Waals surface area contributed by atoms with Crippen LogP contribution in [0.1, 0.15) is 33.6 Å². The van der Waals surface area contributed by atoms with Gasteiger partial charge in [-0.2, -0.15) is 10.4 Å². The molecular formula is C10H15N3O. The van der Waals surface area contributed by atoms with Crippen LogP contribution in [0.3, 0.4) is 0 Å².